The number of nitrogens with zero attached hydrogens (tertiary/aromatic N) is 1. The minimum absolute atomic E-state index is 0.0375. The van der Waals surface area contributed by atoms with Gasteiger partial charge in [-0.1, -0.05) is 0 Å². The summed E-state index contributed by atoms with van der Waals surface area (Å²) in [5, 5.41) is 11.3. The molecule has 1 aliphatic carbocycles. The number of rotatable bonds is 5. The van der Waals surface area contributed by atoms with E-state index >= 15 is 0 Å². The molecule has 170 valence electrons. The molecule has 0 amide bonds. The molecule has 0 aromatic carbocycles. The van der Waals surface area contributed by atoms with Crippen LogP contribution in [0.25, 0.3) is 0 Å². The summed E-state index contributed by atoms with van der Waals surface area (Å²) in [4.78, 5) is 11.3. The molecule has 0 radical (unpaired) electrons. The van der Waals surface area contributed by atoms with E-state index in [4.69, 9.17) is 14.6 Å². The second-order valence-electron chi connectivity index (χ2n) is 7.98. The van der Waals surface area contributed by atoms with E-state index < -0.39 is 22.2 Å². The number of aliphatic carboxylic acids is 1. The minimum Gasteiger partial charge on any atom is -0.475 e. The van der Waals surface area contributed by atoms with Crippen molar-refractivity contribution in [3.8, 4) is 0 Å². The average molecular weight is 471 g/mol. The predicted molar refractivity (Wildman–Crippen MR) is 105 cm³/mol. The van der Waals surface area contributed by atoms with Gasteiger partial charge in [-0.05, 0) is 54.5 Å². The van der Waals surface area contributed by atoms with Crippen LogP contribution < -0.4 is 4.72 Å². The molecule has 30 heavy (non-hydrogen) atoms. The number of ether oxygens (including phenoxy) is 1. The topological polar surface area (TPSA) is 95.9 Å². The van der Waals surface area contributed by atoms with Crippen molar-refractivity contribution in [2.24, 2.45) is 0 Å². The Morgan fingerprint density at radius 2 is 2.07 bits per heavy atom. The highest BCUT2D eigenvalue weighted by molar-refractivity contribution is 7.90. The zero-order valence-corrected chi connectivity index (χ0v) is 17.9. The first-order chi connectivity index (χ1) is 14.0. The summed E-state index contributed by atoms with van der Waals surface area (Å²) in [6.07, 6.45) is -0.855. The predicted octanol–water partition coefficient (Wildman–Crippen LogP) is 2.59. The number of carboxylic acid groups (broad SMARTS) is 1. The Balaban J connectivity index is 0.000000318. The fraction of sp³-hybridized carbons (Fsp3) is 0.722. The molecule has 1 saturated carbocycles. The van der Waals surface area contributed by atoms with E-state index in [2.05, 4.69) is 26.4 Å². The smallest absolute Gasteiger partial charge is 0.475 e. The molecule has 2 saturated heterocycles. The van der Waals surface area contributed by atoms with Crippen molar-refractivity contribution in [1.29, 1.82) is 0 Å². The van der Waals surface area contributed by atoms with E-state index in [9.17, 15) is 21.6 Å². The van der Waals surface area contributed by atoms with Gasteiger partial charge in [0.05, 0.1) is 10.9 Å². The molecule has 3 fully saturated rings. The first-order valence-corrected chi connectivity index (χ1v) is 12.2. The lowest BCUT2D eigenvalue weighted by Gasteiger charge is -2.38. The lowest BCUT2D eigenvalue weighted by Crippen LogP contribution is -2.50. The van der Waals surface area contributed by atoms with Crippen LogP contribution in [0.15, 0.2) is 16.8 Å². The number of hydrogen-bond donors (Lipinski definition) is 2. The number of nitrogens with one attached hydrogen (secondary N) is 1. The van der Waals surface area contributed by atoms with Gasteiger partial charge in [0.1, 0.15) is 0 Å². The number of alkyl halides is 3. The first-order valence-electron chi connectivity index (χ1n) is 9.68. The number of hydrogen-bond acceptors (Lipinski definition) is 6. The number of carbonyl (C=O) groups is 1. The molecule has 7 nitrogen and oxygen atoms in total. The Morgan fingerprint density at radius 3 is 2.63 bits per heavy atom. The van der Waals surface area contributed by atoms with Gasteiger partial charge < -0.3 is 9.84 Å². The zero-order chi connectivity index (χ0) is 22.0. The Labute approximate surface area is 177 Å². The molecule has 2 N–H and O–H groups in total. The van der Waals surface area contributed by atoms with E-state index in [0.717, 1.165) is 51.7 Å². The largest absolute Gasteiger partial charge is 0.490 e. The molecule has 0 unspecified atom stereocenters. The Hall–Kier alpha value is -1.21. The molecular formula is C18H25F3N2O5S2. The lowest BCUT2D eigenvalue weighted by molar-refractivity contribution is -0.192. The van der Waals surface area contributed by atoms with Gasteiger partial charge in [-0.25, -0.2) is 17.9 Å². The standard InChI is InChI=1S/C16H24N2O3S2.C2HF3O2/c19-23(20,15-1-2-15)17-14-3-7-21-16(9-14)5-6-18(12-16)10-13-4-8-22-11-13;3-2(4,5)1(6)7/h4,8,11,14-15,17H,1-3,5-7,9-10,12H2;(H,6,7)/t14-,16-;/m1./s1. The SMILES string of the molecule is O=C(O)C(F)(F)F.O=S(=O)(N[C@@H]1CCO[C@]2(CCN(Cc3ccsc3)C2)C1)C1CC1. The van der Waals surface area contributed by atoms with E-state index in [1.54, 1.807) is 11.3 Å². The van der Waals surface area contributed by atoms with E-state index in [1.165, 1.54) is 5.56 Å². The van der Waals surface area contributed by atoms with E-state index in [1.807, 2.05) is 0 Å². The first kappa shape index (κ1) is 23.5. The van der Waals surface area contributed by atoms with Crippen LogP contribution in [0.4, 0.5) is 13.2 Å². The maximum atomic E-state index is 12.2. The normalized spacial score (nSPS) is 27.6. The van der Waals surface area contributed by atoms with Gasteiger partial charge in [-0.15, -0.1) is 0 Å². The highest BCUT2D eigenvalue weighted by Crippen LogP contribution is 2.36. The summed E-state index contributed by atoms with van der Waals surface area (Å²) in [5.74, 6) is -2.76. The summed E-state index contributed by atoms with van der Waals surface area (Å²) in [7, 11) is -3.11. The van der Waals surface area contributed by atoms with Crippen molar-refractivity contribution in [2.75, 3.05) is 19.7 Å². The van der Waals surface area contributed by atoms with Crippen molar-refractivity contribution < 1.29 is 36.2 Å². The summed E-state index contributed by atoms with van der Waals surface area (Å²) in [6.45, 7) is 3.56. The van der Waals surface area contributed by atoms with Gasteiger partial charge in [-0.3, -0.25) is 4.90 Å². The summed E-state index contributed by atoms with van der Waals surface area (Å²) in [6, 6.07) is 2.21. The van der Waals surface area contributed by atoms with Gasteiger partial charge in [0.25, 0.3) is 0 Å². The van der Waals surface area contributed by atoms with Crippen LogP contribution in [-0.2, 0) is 26.1 Å². The molecule has 12 heteroatoms. The monoisotopic (exact) mass is 470 g/mol. The molecule has 3 aliphatic rings. The van der Waals surface area contributed by atoms with Crippen molar-refractivity contribution in [3.05, 3.63) is 22.4 Å². The summed E-state index contributed by atoms with van der Waals surface area (Å²) in [5.41, 5.74) is 1.19. The number of likely N-dealkylation sites (tertiary alicyclic amines) is 1. The number of halogens is 3. The van der Waals surface area contributed by atoms with Gasteiger partial charge >= 0.3 is 12.1 Å². The molecule has 2 atom stereocenters. The Morgan fingerprint density at radius 1 is 1.37 bits per heavy atom. The summed E-state index contributed by atoms with van der Waals surface area (Å²) < 4.78 is 65.2. The minimum atomic E-state index is -5.08. The van der Waals surface area contributed by atoms with Gasteiger partial charge in [0.2, 0.25) is 10.0 Å². The van der Waals surface area contributed by atoms with Crippen LogP contribution >= 0.6 is 11.3 Å². The molecule has 2 aliphatic heterocycles. The van der Waals surface area contributed by atoms with E-state index in [-0.39, 0.29) is 16.9 Å². The maximum Gasteiger partial charge on any atom is 0.490 e. The van der Waals surface area contributed by atoms with E-state index in [0.29, 0.717) is 6.61 Å². The van der Waals surface area contributed by atoms with Crippen LogP contribution in [0.3, 0.4) is 0 Å². The third-order valence-corrected chi connectivity index (χ3v) is 8.15. The maximum absolute atomic E-state index is 12.2. The van der Waals surface area contributed by atoms with Crippen molar-refractivity contribution in [3.63, 3.8) is 0 Å². The number of sulfonamides is 1. The molecule has 1 aromatic rings. The number of thiophene rings is 1. The number of carboxylic acids is 1. The highest BCUT2D eigenvalue weighted by atomic mass is 32.2. The molecule has 0 bridgehead atoms. The van der Waals surface area contributed by atoms with Gasteiger partial charge in [-0.2, -0.15) is 24.5 Å². The second kappa shape index (κ2) is 9.11. The summed E-state index contributed by atoms with van der Waals surface area (Å²) >= 11 is 1.73. The molecule has 3 heterocycles. The fourth-order valence-corrected chi connectivity index (χ4v) is 6.10. The Bertz CT molecular complexity index is 827. The van der Waals surface area contributed by atoms with Gasteiger partial charge in [0.15, 0.2) is 0 Å². The molecular weight excluding hydrogens is 445 g/mol. The van der Waals surface area contributed by atoms with Crippen LogP contribution in [-0.4, -0.2) is 67.2 Å². The molecule has 1 aromatic heterocycles. The van der Waals surface area contributed by atoms with Crippen LogP contribution in [0.2, 0.25) is 0 Å². The van der Waals surface area contributed by atoms with Crippen molar-refractivity contribution in [1.82, 2.24) is 9.62 Å². The quantitative estimate of drug-likeness (QED) is 0.687. The second-order valence-corrected chi connectivity index (χ2v) is 10.8. The van der Waals surface area contributed by atoms with Crippen LogP contribution in [0, 0.1) is 0 Å². The molecule has 4 rings (SSSR count). The Kier molecular flexibility index (Phi) is 7.12. The third-order valence-electron chi connectivity index (χ3n) is 5.41. The third kappa shape index (κ3) is 6.39. The van der Waals surface area contributed by atoms with Crippen LogP contribution in [0.5, 0.6) is 0 Å². The highest BCUT2D eigenvalue weighted by Gasteiger charge is 2.45. The average Bonchev–Trinajstić information content (AvgIpc) is 3.28. The molecule has 1 spiro atoms. The van der Waals surface area contributed by atoms with Crippen LogP contribution in [0.1, 0.15) is 37.7 Å². The van der Waals surface area contributed by atoms with Crippen molar-refractivity contribution in [2.45, 2.75) is 61.7 Å². The lowest BCUT2D eigenvalue weighted by atomic mass is 9.90. The van der Waals surface area contributed by atoms with Crippen molar-refractivity contribution >= 4 is 27.3 Å². The fourth-order valence-electron chi connectivity index (χ4n) is 3.82. The van der Waals surface area contributed by atoms with Gasteiger partial charge in [0, 0.05) is 32.3 Å². The zero-order valence-electron chi connectivity index (χ0n) is 16.2.